The molecular weight excluding hydrogens is 267 g/mol. The van der Waals surface area contributed by atoms with Crippen LogP contribution in [0.2, 0.25) is 5.02 Å². The largest absolute Gasteiger partial charge is 0.483 e. The van der Waals surface area contributed by atoms with Gasteiger partial charge in [0.15, 0.2) is 6.10 Å². The minimum absolute atomic E-state index is 0.152. The Bertz CT molecular complexity index is 564. The molecule has 2 nitrogen and oxygen atoms in total. The number of hydrogen-bond acceptors (Lipinski definition) is 2. The van der Waals surface area contributed by atoms with E-state index in [1.807, 2.05) is 0 Å². The van der Waals surface area contributed by atoms with Gasteiger partial charge in [0.1, 0.15) is 11.6 Å². The van der Waals surface area contributed by atoms with E-state index in [1.54, 1.807) is 31.2 Å². The van der Waals surface area contributed by atoms with Gasteiger partial charge in [-0.15, -0.1) is 0 Å². The lowest BCUT2D eigenvalue weighted by Crippen LogP contribution is -2.23. The highest BCUT2D eigenvalue weighted by molar-refractivity contribution is 6.30. The molecule has 0 bridgehead atoms. The van der Waals surface area contributed by atoms with Crippen LogP contribution >= 0.6 is 11.6 Å². The van der Waals surface area contributed by atoms with Crippen molar-refractivity contribution in [3.8, 4) is 5.75 Å². The molecule has 0 fully saturated rings. The molecule has 0 radical (unpaired) electrons. The van der Waals surface area contributed by atoms with Gasteiger partial charge < -0.3 is 4.74 Å². The molecule has 98 valence electrons. The van der Waals surface area contributed by atoms with Crippen LogP contribution in [-0.4, -0.2) is 11.9 Å². The van der Waals surface area contributed by atoms with Crippen LogP contribution in [0.15, 0.2) is 48.5 Å². The minimum Gasteiger partial charge on any atom is -0.483 e. The molecule has 0 aliphatic carbocycles. The van der Waals surface area contributed by atoms with Crippen LogP contribution in [0.25, 0.3) is 0 Å². The van der Waals surface area contributed by atoms with E-state index in [9.17, 15) is 9.18 Å². The van der Waals surface area contributed by atoms with Crippen LogP contribution in [0, 0.1) is 5.82 Å². The molecule has 1 unspecified atom stereocenters. The molecule has 4 heteroatoms. The molecule has 2 rings (SSSR count). The average molecular weight is 279 g/mol. The fourth-order valence-electron chi connectivity index (χ4n) is 1.62. The molecule has 0 amide bonds. The van der Waals surface area contributed by atoms with Gasteiger partial charge in [-0.3, -0.25) is 4.79 Å². The van der Waals surface area contributed by atoms with Crippen LogP contribution in [0.3, 0.4) is 0 Å². The second-order valence-corrected chi connectivity index (χ2v) is 4.52. The standard InChI is InChI=1S/C15H12ClFO2/c1-10(19-14-8-6-13(17)7-9-14)15(18)11-2-4-12(16)5-3-11/h2-10H,1H3. The summed E-state index contributed by atoms with van der Waals surface area (Å²) in [5, 5.41) is 0.573. The summed E-state index contributed by atoms with van der Waals surface area (Å²) in [7, 11) is 0. The van der Waals surface area contributed by atoms with Gasteiger partial charge in [0, 0.05) is 10.6 Å². The summed E-state index contributed by atoms with van der Waals surface area (Å²) in [4.78, 5) is 12.1. The highest BCUT2D eigenvalue weighted by Gasteiger charge is 2.16. The molecule has 0 aliphatic rings. The first-order valence-corrected chi connectivity index (χ1v) is 6.16. The predicted molar refractivity (Wildman–Crippen MR) is 72.3 cm³/mol. The first-order chi connectivity index (χ1) is 9.06. The normalized spacial score (nSPS) is 11.9. The Morgan fingerprint density at radius 2 is 1.68 bits per heavy atom. The molecule has 0 spiro atoms. The van der Waals surface area contributed by atoms with E-state index in [4.69, 9.17) is 16.3 Å². The summed E-state index contributed by atoms with van der Waals surface area (Å²) >= 11 is 5.76. The lowest BCUT2D eigenvalue weighted by Gasteiger charge is -2.13. The van der Waals surface area contributed by atoms with Gasteiger partial charge in [0.2, 0.25) is 5.78 Å². The van der Waals surface area contributed by atoms with Crippen molar-refractivity contribution >= 4 is 17.4 Å². The maximum Gasteiger partial charge on any atom is 0.202 e. The zero-order valence-corrected chi connectivity index (χ0v) is 11.0. The van der Waals surface area contributed by atoms with E-state index in [1.165, 1.54) is 24.3 Å². The van der Waals surface area contributed by atoms with E-state index >= 15 is 0 Å². The SMILES string of the molecule is CC(Oc1ccc(F)cc1)C(=O)c1ccc(Cl)cc1. The third-order valence-electron chi connectivity index (χ3n) is 2.62. The summed E-state index contributed by atoms with van der Waals surface area (Å²) in [6, 6.07) is 12.1. The molecular formula is C15H12ClFO2. The van der Waals surface area contributed by atoms with Crippen molar-refractivity contribution in [2.45, 2.75) is 13.0 Å². The van der Waals surface area contributed by atoms with E-state index in [0.29, 0.717) is 16.3 Å². The highest BCUT2D eigenvalue weighted by atomic mass is 35.5. The summed E-state index contributed by atoms with van der Waals surface area (Å²) in [5.41, 5.74) is 0.527. The number of carbonyl (C=O) groups is 1. The molecule has 1 atom stereocenters. The van der Waals surface area contributed by atoms with Crippen molar-refractivity contribution in [2.24, 2.45) is 0 Å². The zero-order chi connectivity index (χ0) is 13.8. The zero-order valence-electron chi connectivity index (χ0n) is 10.3. The summed E-state index contributed by atoms with van der Waals surface area (Å²) in [6.07, 6.45) is -0.647. The molecule has 0 N–H and O–H groups in total. The van der Waals surface area contributed by atoms with Gasteiger partial charge in [0.05, 0.1) is 0 Å². The topological polar surface area (TPSA) is 26.3 Å². The first kappa shape index (κ1) is 13.6. The monoisotopic (exact) mass is 278 g/mol. The predicted octanol–water partition coefficient (Wildman–Crippen LogP) is 4.13. The lowest BCUT2D eigenvalue weighted by atomic mass is 10.1. The van der Waals surface area contributed by atoms with Gasteiger partial charge in [-0.05, 0) is 55.5 Å². The summed E-state index contributed by atoms with van der Waals surface area (Å²) in [6.45, 7) is 1.65. The fourth-order valence-corrected chi connectivity index (χ4v) is 1.75. The Hall–Kier alpha value is -1.87. The number of benzene rings is 2. The van der Waals surface area contributed by atoms with Gasteiger partial charge in [-0.25, -0.2) is 4.39 Å². The van der Waals surface area contributed by atoms with Crippen LogP contribution < -0.4 is 4.74 Å². The molecule has 2 aromatic carbocycles. The van der Waals surface area contributed by atoms with Crippen LogP contribution in [0.4, 0.5) is 4.39 Å². The number of ether oxygens (including phenoxy) is 1. The van der Waals surface area contributed by atoms with Crippen molar-refractivity contribution in [3.05, 3.63) is 64.9 Å². The quantitative estimate of drug-likeness (QED) is 0.786. The summed E-state index contributed by atoms with van der Waals surface area (Å²) in [5.74, 6) is -0.0405. The Labute approximate surface area is 115 Å². The van der Waals surface area contributed by atoms with Crippen molar-refractivity contribution < 1.29 is 13.9 Å². The van der Waals surface area contributed by atoms with Gasteiger partial charge in [0.25, 0.3) is 0 Å². The number of ketones is 1. The number of halogens is 2. The molecule has 0 aliphatic heterocycles. The first-order valence-electron chi connectivity index (χ1n) is 5.78. The van der Waals surface area contributed by atoms with E-state index in [0.717, 1.165) is 0 Å². The van der Waals surface area contributed by atoms with E-state index in [-0.39, 0.29) is 11.6 Å². The van der Waals surface area contributed by atoms with Gasteiger partial charge in [-0.1, -0.05) is 11.6 Å². The number of Topliss-reactive ketones (excluding diaryl/α,β-unsaturated/α-hetero) is 1. The molecule has 0 heterocycles. The second kappa shape index (κ2) is 5.85. The van der Waals surface area contributed by atoms with E-state index in [2.05, 4.69) is 0 Å². The van der Waals surface area contributed by atoms with Crippen molar-refractivity contribution in [3.63, 3.8) is 0 Å². The number of carbonyl (C=O) groups excluding carboxylic acids is 1. The van der Waals surface area contributed by atoms with Crippen molar-refractivity contribution in [1.29, 1.82) is 0 Å². The molecule has 0 aromatic heterocycles. The van der Waals surface area contributed by atoms with Gasteiger partial charge in [-0.2, -0.15) is 0 Å². The molecule has 0 saturated carbocycles. The van der Waals surface area contributed by atoms with Crippen LogP contribution in [0.1, 0.15) is 17.3 Å². The second-order valence-electron chi connectivity index (χ2n) is 4.09. The molecule has 0 saturated heterocycles. The van der Waals surface area contributed by atoms with Crippen LogP contribution in [-0.2, 0) is 0 Å². The highest BCUT2D eigenvalue weighted by Crippen LogP contribution is 2.16. The summed E-state index contributed by atoms with van der Waals surface area (Å²) < 4.78 is 18.2. The van der Waals surface area contributed by atoms with Crippen LogP contribution in [0.5, 0.6) is 5.75 Å². The fraction of sp³-hybridized carbons (Fsp3) is 0.133. The average Bonchev–Trinajstić information content (AvgIpc) is 2.41. The van der Waals surface area contributed by atoms with Crippen molar-refractivity contribution in [1.82, 2.24) is 0 Å². The maximum absolute atomic E-state index is 12.8. The molecule has 2 aromatic rings. The lowest BCUT2D eigenvalue weighted by molar-refractivity contribution is 0.0818. The third kappa shape index (κ3) is 3.55. The van der Waals surface area contributed by atoms with Crippen molar-refractivity contribution in [2.75, 3.05) is 0 Å². The minimum atomic E-state index is -0.647. The Morgan fingerprint density at radius 3 is 2.26 bits per heavy atom. The number of rotatable bonds is 4. The maximum atomic E-state index is 12.8. The smallest absolute Gasteiger partial charge is 0.202 e. The Kier molecular flexibility index (Phi) is 4.17. The third-order valence-corrected chi connectivity index (χ3v) is 2.88. The van der Waals surface area contributed by atoms with E-state index < -0.39 is 6.10 Å². The Morgan fingerprint density at radius 1 is 1.11 bits per heavy atom. The number of hydrogen-bond donors (Lipinski definition) is 0. The van der Waals surface area contributed by atoms with Gasteiger partial charge >= 0.3 is 0 Å². The molecule has 19 heavy (non-hydrogen) atoms. The Balaban J connectivity index is 2.07.